The van der Waals surface area contributed by atoms with E-state index in [0.717, 1.165) is 11.1 Å². The van der Waals surface area contributed by atoms with Gasteiger partial charge in [0.05, 0.1) is 0 Å². The van der Waals surface area contributed by atoms with Crippen LogP contribution in [0.2, 0.25) is 0 Å². The largest absolute Gasteiger partial charge is 0.398 e. The van der Waals surface area contributed by atoms with Crippen LogP contribution in [0.25, 0.3) is 0 Å². The van der Waals surface area contributed by atoms with Crippen LogP contribution in [0.15, 0.2) is 30.9 Å². The minimum atomic E-state index is -0.762. The highest BCUT2D eigenvalue weighted by atomic mass is 16.3. The number of nitrogens with zero attached hydrogens (tertiary/aromatic N) is 3. The van der Waals surface area contributed by atoms with Crippen LogP contribution in [0.5, 0.6) is 0 Å². The van der Waals surface area contributed by atoms with Crippen molar-refractivity contribution in [2.45, 2.75) is 19.4 Å². The fraction of sp³-hybridized carbons (Fsp3) is 0.250. The van der Waals surface area contributed by atoms with Crippen LogP contribution in [0, 0.1) is 6.92 Å². The van der Waals surface area contributed by atoms with Crippen LogP contribution >= 0.6 is 0 Å². The van der Waals surface area contributed by atoms with E-state index in [0.29, 0.717) is 17.9 Å². The van der Waals surface area contributed by atoms with Crippen molar-refractivity contribution < 1.29 is 5.11 Å². The Morgan fingerprint density at radius 2 is 2.00 bits per heavy atom. The number of anilines is 1. The maximum atomic E-state index is 9.98. The molecule has 0 aliphatic rings. The van der Waals surface area contributed by atoms with Crippen LogP contribution in [-0.4, -0.2) is 20.1 Å². The number of aryl methyl sites for hydroxylation is 1. The van der Waals surface area contributed by atoms with E-state index in [2.05, 4.69) is 15.0 Å². The lowest BCUT2D eigenvalue weighted by atomic mass is 10.1. The minimum absolute atomic E-state index is 0.364. The van der Waals surface area contributed by atoms with Crippen molar-refractivity contribution in [3.05, 3.63) is 47.8 Å². The molecule has 2 heterocycles. The molecule has 2 rings (SSSR count). The summed E-state index contributed by atoms with van der Waals surface area (Å²) in [6, 6.07) is 1.71. The number of rotatable bonds is 3. The van der Waals surface area contributed by atoms with Crippen LogP contribution in [0.3, 0.4) is 0 Å². The summed E-state index contributed by atoms with van der Waals surface area (Å²) in [4.78, 5) is 12.1. The number of pyridine rings is 1. The molecule has 0 aromatic carbocycles. The Morgan fingerprint density at radius 3 is 2.65 bits per heavy atom. The van der Waals surface area contributed by atoms with Crippen molar-refractivity contribution in [1.29, 1.82) is 0 Å². The number of hydrogen-bond acceptors (Lipinski definition) is 5. The van der Waals surface area contributed by atoms with E-state index in [1.54, 1.807) is 30.9 Å². The number of hydrogen-bond donors (Lipinski definition) is 2. The topological polar surface area (TPSA) is 84.9 Å². The van der Waals surface area contributed by atoms with Gasteiger partial charge in [0.25, 0.3) is 0 Å². The second-order valence-corrected chi connectivity index (χ2v) is 3.91. The number of aromatic nitrogens is 3. The fourth-order valence-electron chi connectivity index (χ4n) is 1.48. The summed E-state index contributed by atoms with van der Waals surface area (Å²) >= 11 is 0. The molecule has 88 valence electrons. The van der Waals surface area contributed by atoms with Gasteiger partial charge in [0, 0.05) is 36.9 Å². The zero-order valence-electron chi connectivity index (χ0n) is 9.54. The molecule has 0 saturated heterocycles. The first kappa shape index (κ1) is 11.5. The van der Waals surface area contributed by atoms with E-state index in [9.17, 15) is 5.11 Å². The highest BCUT2D eigenvalue weighted by molar-refractivity contribution is 5.44. The summed E-state index contributed by atoms with van der Waals surface area (Å²) in [6.07, 6.45) is 6.22. The van der Waals surface area contributed by atoms with Gasteiger partial charge in [-0.3, -0.25) is 4.98 Å². The molecular weight excluding hydrogens is 216 g/mol. The molecule has 0 amide bonds. The minimum Gasteiger partial charge on any atom is -0.398 e. The number of nitrogen functional groups attached to an aromatic ring is 1. The molecule has 0 spiro atoms. The molecule has 3 N–H and O–H groups in total. The predicted octanol–water partition coefficient (Wildman–Crippen LogP) is 1.04. The summed E-state index contributed by atoms with van der Waals surface area (Å²) in [7, 11) is 0. The van der Waals surface area contributed by atoms with E-state index < -0.39 is 6.10 Å². The van der Waals surface area contributed by atoms with E-state index in [1.807, 2.05) is 6.92 Å². The smallest absolute Gasteiger partial charge is 0.157 e. The highest BCUT2D eigenvalue weighted by Gasteiger charge is 2.13. The van der Waals surface area contributed by atoms with Gasteiger partial charge >= 0.3 is 0 Å². The number of aliphatic hydroxyl groups excluding tert-OH is 1. The first-order valence-electron chi connectivity index (χ1n) is 5.32. The van der Waals surface area contributed by atoms with Crippen LogP contribution in [0.4, 0.5) is 5.69 Å². The van der Waals surface area contributed by atoms with E-state index >= 15 is 0 Å². The van der Waals surface area contributed by atoms with Crippen molar-refractivity contribution in [3.63, 3.8) is 0 Å². The summed E-state index contributed by atoms with van der Waals surface area (Å²) in [5, 5.41) is 9.98. The Bertz CT molecular complexity index is 498. The fourth-order valence-corrected chi connectivity index (χ4v) is 1.48. The molecule has 1 atom stereocenters. The van der Waals surface area contributed by atoms with Gasteiger partial charge in [0.2, 0.25) is 0 Å². The van der Waals surface area contributed by atoms with Crippen molar-refractivity contribution >= 4 is 5.69 Å². The van der Waals surface area contributed by atoms with Gasteiger partial charge in [-0.05, 0) is 24.1 Å². The average molecular weight is 230 g/mol. The molecule has 0 aliphatic carbocycles. The molecule has 2 aromatic heterocycles. The summed E-state index contributed by atoms with van der Waals surface area (Å²) in [5.41, 5.74) is 8.15. The summed E-state index contributed by atoms with van der Waals surface area (Å²) < 4.78 is 0. The SMILES string of the molecule is Cc1cnc(C(O)Cc2cnccc2N)nc1. The molecule has 0 bridgehead atoms. The van der Waals surface area contributed by atoms with Gasteiger partial charge in [-0.15, -0.1) is 0 Å². The lowest BCUT2D eigenvalue weighted by molar-refractivity contribution is 0.168. The molecule has 0 fully saturated rings. The van der Waals surface area contributed by atoms with Crippen molar-refractivity contribution in [1.82, 2.24) is 15.0 Å². The van der Waals surface area contributed by atoms with Gasteiger partial charge in [-0.25, -0.2) is 9.97 Å². The van der Waals surface area contributed by atoms with E-state index in [1.165, 1.54) is 0 Å². The summed E-state index contributed by atoms with van der Waals surface area (Å²) in [6.45, 7) is 1.90. The number of nitrogens with two attached hydrogens (primary N) is 1. The Morgan fingerprint density at radius 1 is 1.29 bits per heavy atom. The second-order valence-electron chi connectivity index (χ2n) is 3.91. The molecule has 1 unspecified atom stereocenters. The summed E-state index contributed by atoms with van der Waals surface area (Å²) in [5.74, 6) is 0.402. The Balaban J connectivity index is 2.14. The van der Waals surface area contributed by atoms with Crippen LogP contribution in [-0.2, 0) is 6.42 Å². The van der Waals surface area contributed by atoms with Gasteiger partial charge in [0.1, 0.15) is 6.10 Å². The molecule has 0 saturated carbocycles. The average Bonchev–Trinajstić information content (AvgIpc) is 2.33. The molecule has 5 nitrogen and oxygen atoms in total. The lowest BCUT2D eigenvalue weighted by Crippen LogP contribution is -2.08. The zero-order chi connectivity index (χ0) is 12.3. The van der Waals surface area contributed by atoms with Gasteiger partial charge < -0.3 is 10.8 Å². The maximum Gasteiger partial charge on any atom is 0.157 e. The molecule has 2 aromatic rings. The number of aliphatic hydroxyl groups is 1. The predicted molar refractivity (Wildman–Crippen MR) is 64.1 cm³/mol. The highest BCUT2D eigenvalue weighted by Crippen LogP contribution is 2.18. The van der Waals surface area contributed by atoms with Crippen molar-refractivity contribution in [3.8, 4) is 0 Å². The van der Waals surface area contributed by atoms with Gasteiger partial charge in [0.15, 0.2) is 5.82 Å². The third-order valence-electron chi connectivity index (χ3n) is 2.45. The van der Waals surface area contributed by atoms with Crippen LogP contribution < -0.4 is 5.73 Å². The standard InChI is InChI=1S/C12H14N4O/c1-8-5-15-12(16-6-8)11(17)4-9-7-14-3-2-10(9)13/h2-3,5-7,11,17H,4H2,1H3,(H2,13,14). The van der Waals surface area contributed by atoms with Crippen molar-refractivity contribution in [2.75, 3.05) is 5.73 Å². The van der Waals surface area contributed by atoms with Crippen molar-refractivity contribution in [2.24, 2.45) is 0 Å². The lowest BCUT2D eigenvalue weighted by Gasteiger charge is -2.10. The van der Waals surface area contributed by atoms with Gasteiger partial charge in [-0.2, -0.15) is 0 Å². The molecule has 0 aliphatic heterocycles. The Hall–Kier alpha value is -2.01. The zero-order valence-corrected chi connectivity index (χ0v) is 9.54. The second kappa shape index (κ2) is 4.88. The monoisotopic (exact) mass is 230 g/mol. The third kappa shape index (κ3) is 2.76. The first-order valence-corrected chi connectivity index (χ1v) is 5.32. The molecular formula is C12H14N4O. The van der Waals surface area contributed by atoms with Gasteiger partial charge in [-0.1, -0.05) is 0 Å². The Kier molecular flexibility index (Phi) is 3.30. The first-order chi connectivity index (χ1) is 8.16. The van der Waals surface area contributed by atoms with Crippen LogP contribution in [0.1, 0.15) is 23.1 Å². The third-order valence-corrected chi connectivity index (χ3v) is 2.45. The molecule has 5 heteroatoms. The van der Waals surface area contributed by atoms with E-state index in [-0.39, 0.29) is 0 Å². The molecule has 17 heavy (non-hydrogen) atoms. The molecule has 0 radical (unpaired) electrons. The quantitative estimate of drug-likeness (QED) is 0.822. The maximum absolute atomic E-state index is 9.98. The normalized spacial score (nSPS) is 12.4. The van der Waals surface area contributed by atoms with E-state index in [4.69, 9.17) is 5.73 Å². The Labute approximate surface area is 99.4 Å².